The van der Waals surface area contributed by atoms with Crippen LogP contribution in [0.1, 0.15) is 27.2 Å². The van der Waals surface area contributed by atoms with E-state index in [1.165, 1.54) is 0 Å². The van der Waals surface area contributed by atoms with Crippen LogP contribution in [0.5, 0.6) is 0 Å². The highest BCUT2D eigenvalue weighted by Crippen LogP contribution is 2.18. The summed E-state index contributed by atoms with van der Waals surface area (Å²) in [5.41, 5.74) is 5.19. The molecule has 1 atom stereocenters. The molecule has 3 N–H and O–H groups in total. The Morgan fingerprint density at radius 3 is 2.47 bits per heavy atom. The van der Waals surface area contributed by atoms with E-state index in [0.29, 0.717) is 13.1 Å². The normalized spacial score (nSPS) is 15.1. The van der Waals surface area contributed by atoms with Crippen LogP contribution >= 0.6 is 0 Å². The van der Waals surface area contributed by atoms with Crippen molar-refractivity contribution in [3.8, 4) is 0 Å². The molecule has 0 aromatic rings. The van der Waals surface area contributed by atoms with Gasteiger partial charge in [0.05, 0.1) is 5.41 Å². The molecule has 90 valence electrons. The second kappa shape index (κ2) is 6.80. The van der Waals surface area contributed by atoms with Crippen LogP contribution in [0, 0.1) is 5.41 Å². The Morgan fingerprint density at radius 1 is 1.47 bits per heavy atom. The van der Waals surface area contributed by atoms with Crippen LogP contribution in [0.25, 0.3) is 0 Å². The number of hydrogen-bond donors (Lipinski definition) is 2. The maximum atomic E-state index is 11.8. The van der Waals surface area contributed by atoms with Gasteiger partial charge < -0.3 is 16.0 Å². The zero-order valence-electron chi connectivity index (χ0n) is 10.5. The van der Waals surface area contributed by atoms with E-state index in [1.54, 1.807) is 0 Å². The van der Waals surface area contributed by atoms with Crippen molar-refractivity contribution >= 4 is 5.91 Å². The topological polar surface area (TPSA) is 58.4 Å². The number of rotatable bonds is 7. The van der Waals surface area contributed by atoms with Crippen LogP contribution in [-0.4, -0.2) is 44.0 Å². The number of carbonyl (C=O) groups excluding carboxylic acids is 1. The maximum Gasteiger partial charge on any atom is 0.227 e. The van der Waals surface area contributed by atoms with E-state index in [9.17, 15) is 4.79 Å². The molecular weight excluding hydrogens is 190 g/mol. The molecule has 1 unspecified atom stereocenters. The molecule has 0 aromatic heterocycles. The number of amides is 1. The first-order valence-corrected chi connectivity index (χ1v) is 5.67. The minimum atomic E-state index is -0.412. The molecule has 0 radical (unpaired) electrons. The van der Waals surface area contributed by atoms with Crippen LogP contribution < -0.4 is 11.1 Å². The summed E-state index contributed by atoms with van der Waals surface area (Å²) >= 11 is 0. The second-order valence-electron chi connectivity index (χ2n) is 4.27. The van der Waals surface area contributed by atoms with Gasteiger partial charge in [0, 0.05) is 19.6 Å². The maximum absolute atomic E-state index is 11.8. The van der Waals surface area contributed by atoms with Gasteiger partial charge in [-0.3, -0.25) is 4.79 Å². The van der Waals surface area contributed by atoms with Gasteiger partial charge in [-0.2, -0.15) is 0 Å². The Bertz CT molecular complexity index is 190. The van der Waals surface area contributed by atoms with Gasteiger partial charge >= 0.3 is 0 Å². The quantitative estimate of drug-likeness (QED) is 0.647. The Labute approximate surface area is 93.2 Å². The molecule has 0 heterocycles. The number of nitrogens with zero attached hydrogens (tertiary/aromatic N) is 1. The summed E-state index contributed by atoms with van der Waals surface area (Å²) in [5.74, 6) is 0.0667. The van der Waals surface area contributed by atoms with Crippen molar-refractivity contribution in [1.82, 2.24) is 10.2 Å². The third-order valence-electron chi connectivity index (χ3n) is 3.10. The van der Waals surface area contributed by atoms with E-state index in [2.05, 4.69) is 17.1 Å². The number of carbonyl (C=O) groups is 1. The Morgan fingerprint density at radius 2 is 2.07 bits per heavy atom. The fourth-order valence-corrected chi connectivity index (χ4v) is 1.13. The highest BCUT2D eigenvalue weighted by molar-refractivity contribution is 5.82. The number of likely N-dealkylation sites (N-methyl/N-ethyl adjacent to an activating group) is 1. The third kappa shape index (κ3) is 4.62. The van der Waals surface area contributed by atoms with E-state index in [4.69, 9.17) is 5.73 Å². The average molecular weight is 215 g/mol. The molecule has 1 amide bonds. The Hall–Kier alpha value is -0.610. The van der Waals surface area contributed by atoms with Gasteiger partial charge in [0.2, 0.25) is 5.91 Å². The zero-order chi connectivity index (χ0) is 11.9. The van der Waals surface area contributed by atoms with Crippen LogP contribution in [-0.2, 0) is 4.79 Å². The fourth-order valence-electron chi connectivity index (χ4n) is 1.13. The Balaban J connectivity index is 3.92. The zero-order valence-corrected chi connectivity index (χ0v) is 10.5. The molecule has 0 saturated heterocycles. The first-order chi connectivity index (χ1) is 7.00. The van der Waals surface area contributed by atoms with Crippen molar-refractivity contribution in [2.75, 3.05) is 33.2 Å². The van der Waals surface area contributed by atoms with Gasteiger partial charge in [0.25, 0.3) is 0 Å². The van der Waals surface area contributed by atoms with E-state index < -0.39 is 5.41 Å². The lowest BCUT2D eigenvalue weighted by molar-refractivity contribution is -0.129. The SMILES string of the molecule is CCN(C)CCNC(=O)C(C)(CC)CN. The van der Waals surface area contributed by atoms with Gasteiger partial charge in [-0.25, -0.2) is 0 Å². The molecule has 0 spiro atoms. The summed E-state index contributed by atoms with van der Waals surface area (Å²) in [6, 6.07) is 0. The van der Waals surface area contributed by atoms with Crippen molar-refractivity contribution in [2.24, 2.45) is 11.1 Å². The van der Waals surface area contributed by atoms with Crippen LogP contribution in [0.3, 0.4) is 0 Å². The summed E-state index contributed by atoms with van der Waals surface area (Å²) in [6.45, 7) is 8.97. The van der Waals surface area contributed by atoms with Gasteiger partial charge in [0.1, 0.15) is 0 Å². The first-order valence-electron chi connectivity index (χ1n) is 5.67. The molecule has 0 rings (SSSR count). The lowest BCUT2D eigenvalue weighted by Crippen LogP contribution is -2.45. The van der Waals surface area contributed by atoms with Crippen LogP contribution in [0.4, 0.5) is 0 Å². The molecular formula is C11H25N3O. The summed E-state index contributed by atoms with van der Waals surface area (Å²) < 4.78 is 0. The van der Waals surface area contributed by atoms with Gasteiger partial charge in [-0.15, -0.1) is 0 Å². The van der Waals surface area contributed by atoms with E-state index >= 15 is 0 Å². The summed E-state index contributed by atoms with van der Waals surface area (Å²) in [4.78, 5) is 13.9. The van der Waals surface area contributed by atoms with Crippen LogP contribution in [0.15, 0.2) is 0 Å². The largest absolute Gasteiger partial charge is 0.354 e. The number of hydrogen-bond acceptors (Lipinski definition) is 3. The average Bonchev–Trinajstić information content (AvgIpc) is 2.27. The summed E-state index contributed by atoms with van der Waals surface area (Å²) in [7, 11) is 2.04. The fraction of sp³-hybridized carbons (Fsp3) is 0.909. The molecule has 0 saturated carbocycles. The predicted molar refractivity (Wildman–Crippen MR) is 63.6 cm³/mol. The standard InChI is InChI=1S/C11H25N3O/c1-5-11(3,9-12)10(15)13-7-8-14(4)6-2/h5-9,12H2,1-4H3,(H,13,15). The minimum Gasteiger partial charge on any atom is -0.354 e. The predicted octanol–water partition coefficient (Wildman–Crippen LogP) is 0.429. The van der Waals surface area contributed by atoms with Crippen molar-refractivity contribution < 1.29 is 4.79 Å². The lowest BCUT2D eigenvalue weighted by Gasteiger charge is -2.25. The van der Waals surface area contributed by atoms with Crippen molar-refractivity contribution in [1.29, 1.82) is 0 Å². The highest BCUT2D eigenvalue weighted by atomic mass is 16.2. The molecule has 0 aliphatic heterocycles. The molecule has 4 nitrogen and oxygen atoms in total. The van der Waals surface area contributed by atoms with E-state index in [1.807, 2.05) is 20.9 Å². The van der Waals surface area contributed by atoms with Crippen molar-refractivity contribution in [3.05, 3.63) is 0 Å². The highest BCUT2D eigenvalue weighted by Gasteiger charge is 2.28. The molecule has 0 fully saturated rings. The molecule has 0 aliphatic rings. The van der Waals surface area contributed by atoms with Crippen molar-refractivity contribution in [3.63, 3.8) is 0 Å². The molecule has 0 aromatic carbocycles. The minimum absolute atomic E-state index is 0.0667. The number of nitrogens with one attached hydrogen (secondary N) is 1. The second-order valence-corrected chi connectivity index (χ2v) is 4.27. The summed E-state index contributed by atoms with van der Waals surface area (Å²) in [5, 5.41) is 2.93. The van der Waals surface area contributed by atoms with E-state index in [-0.39, 0.29) is 5.91 Å². The molecule has 0 bridgehead atoms. The molecule has 15 heavy (non-hydrogen) atoms. The number of nitrogens with two attached hydrogens (primary N) is 1. The third-order valence-corrected chi connectivity index (χ3v) is 3.10. The van der Waals surface area contributed by atoms with Crippen molar-refractivity contribution in [2.45, 2.75) is 27.2 Å². The summed E-state index contributed by atoms with van der Waals surface area (Å²) in [6.07, 6.45) is 0.777. The van der Waals surface area contributed by atoms with Gasteiger partial charge in [0.15, 0.2) is 0 Å². The van der Waals surface area contributed by atoms with Gasteiger partial charge in [-0.1, -0.05) is 13.8 Å². The Kier molecular flexibility index (Phi) is 6.52. The van der Waals surface area contributed by atoms with Crippen LogP contribution in [0.2, 0.25) is 0 Å². The van der Waals surface area contributed by atoms with E-state index in [0.717, 1.165) is 19.5 Å². The monoisotopic (exact) mass is 215 g/mol. The molecule has 4 heteroatoms. The smallest absolute Gasteiger partial charge is 0.227 e. The lowest BCUT2D eigenvalue weighted by atomic mass is 9.87. The molecule has 0 aliphatic carbocycles. The first kappa shape index (κ1) is 14.4. The van der Waals surface area contributed by atoms with Gasteiger partial charge in [-0.05, 0) is 26.9 Å².